The molecule has 102 valence electrons. The Kier molecular flexibility index (Phi) is 5.83. The molecule has 0 aliphatic carbocycles. The highest BCUT2D eigenvalue weighted by Gasteiger charge is 2.17. The molecule has 0 saturated heterocycles. The smallest absolute Gasteiger partial charge is 0.201 e. The van der Waals surface area contributed by atoms with Crippen molar-refractivity contribution in [3.63, 3.8) is 0 Å². The second kappa shape index (κ2) is 7.14. The number of hydrogen-bond acceptors (Lipinski definition) is 3. The van der Waals surface area contributed by atoms with Crippen LogP contribution in [0, 0.1) is 0 Å². The van der Waals surface area contributed by atoms with Crippen molar-refractivity contribution >= 4 is 0 Å². The molecule has 0 heterocycles. The first-order chi connectivity index (χ1) is 8.65. The fourth-order valence-corrected chi connectivity index (χ4v) is 2.09. The molecule has 1 aromatic carbocycles. The van der Waals surface area contributed by atoms with Gasteiger partial charge in [-0.25, -0.2) is 0 Å². The number of phenolic OH excluding ortho intramolecular Hbond substituents is 2. The molecular weight excluding hydrogens is 228 g/mol. The molecule has 0 aliphatic rings. The summed E-state index contributed by atoms with van der Waals surface area (Å²) in [5.74, 6) is 0.277. The van der Waals surface area contributed by atoms with Crippen molar-refractivity contribution in [2.45, 2.75) is 52.4 Å². The summed E-state index contributed by atoms with van der Waals surface area (Å²) in [4.78, 5) is 0. The van der Waals surface area contributed by atoms with Gasteiger partial charge < -0.3 is 14.9 Å². The van der Waals surface area contributed by atoms with Crippen LogP contribution in [0.1, 0.15) is 50.7 Å². The molecule has 0 aromatic heterocycles. The highest BCUT2D eigenvalue weighted by molar-refractivity contribution is 5.58. The van der Waals surface area contributed by atoms with Crippen molar-refractivity contribution in [3.05, 3.63) is 17.2 Å². The number of benzene rings is 1. The zero-order valence-corrected chi connectivity index (χ0v) is 11.6. The highest BCUT2D eigenvalue weighted by Crippen LogP contribution is 2.42. The van der Waals surface area contributed by atoms with Crippen LogP contribution in [-0.2, 0) is 12.8 Å². The molecule has 0 atom stereocenters. The molecule has 1 aromatic rings. The van der Waals surface area contributed by atoms with E-state index < -0.39 is 0 Å². The fourth-order valence-electron chi connectivity index (χ4n) is 2.09. The van der Waals surface area contributed by atoms with Crippen LogP contribution in [0.4, 0.5) is 0 Å². The van der Waals surface area contributed by atoms with E-state index in [1.807, 2.05) is 6.07 Å². The lowest BCUT2D eigenvalue weighted by molar-refractivity contribution is 0.345. The summed E-state index contributed by atoms with van der Waals surface area (Å²) >= 11 is 0. The molecule has 1 rings (SSSR count). The van der Waals surface area contributed by atoms with Crippen LogP contribution in [0.2, 0.25) is 0 Å². The Morgan fingerprint density at radius 3 is 2.00 bits per heavy atom. The van der Waals surface area contributed by atoms with Gasteiger partial charge in [-0.1, -0.05) is 26.7 Å². The number of phenols is 2. The number of methoxy groups -OCH3 is 1. The van der Waals surface area contributed by atoms with E-state index in [-0.39, 0.29) is 11.5 Å². The Bertz CT molecular complexity index is 386. The summed E-state index contributed by atoms with van der Waals surface area (Å²) in [6.07, 6.45) is 5.87. The first-order valence-electron chi connectivity index (χ1n) is 6.76. The Balaban J connectivity index is 3.09. The van der Waals surface area contributed by atoms with Crippen molar-refractivity contribution in [1.82, 2.24) is 0 Å². The first kappa shape index (κ1) is 14.7. The Morgan fingerprint density at radius 2 is 1.50 bits per heavy atom. The van der Waals surface area contributed by atoms with Gasteiger partial charge in [0, 0.05) is 0 Å². The molecule has 3 heteroatoms. The summed E-state index contributed by atoms with van der Waals surface area (Å²) in [7, 11) is 1.52. The molecule has 2 N–H and O–H groups in total. The Labute approximate surface area is 109 Å². The van der Waals surface area contributed by atoms with Gasteiger partial charge in [0.15, 0.2) is 11.5 Å². The number of hydrogen-bond donors (Lipinski definition) is 2. The lowest BCUT2D eigenvalue weighted by Gasteiger charge is -2.15. The van der Waals surface area contributed by atoms with E-state index in [4.69, 9.17) is 4.74 Å². The van der Waals surface area contributed by atoms with Gasteiger partial charge in [0.25, 0.3) is 0 Å². The van der Waals surface area contributed by atoms with Gasteiger partial charge in [-0.2, -0.15) is 0 Å². The van der Waals surface area contributed by atoms with Gasteiger partial charge >= 0.3 is 0 Å². The van der Waals surface area contributed by atoms with Crippen LogP contribution in [0.3, 0.4) is 0 Å². The largest absolute Gasteiger partial charge is 0.504 e. The molecule has 0 amide bonds. The number of unbranched alkanes of at least 4 members (excludes halogenated alkanes) is 2. The van der Waals surface area contributed by atoms with Gasteiger partial charge in [0.1, 0.15) is 0 Å². The average Bonchev–Trinajstić information content (AvgIpc) is 2.38. The van der Waals surface area contributed by atoms with Crippen molar-refractivity contribution < 1.29 is 14.9 Å². The molecule has 3 nitrogen and oxygen atoms in total. The molecule has 0 bridgehead atoms. The van der Waals surface area contributed by atoms with Crippen LogP contribution in [0.15, 0.2) is 6.07 Å². The van der Waals surface area contributed by atoms with Crippen molar-refractivity contribution in [2.75, 3.05) is 7.11 Å². The number of aromatic hydroxyl groups is 2. The van der Waals surface area contributed by atoms with E-state index in [9.17, 15) is 10.2 Å². The summed E-state index contributed by atoms with van der Waals surface area (Å²) in [6, 6.07) is 1.97. The number of rotatable bonds is 7. The molecule has 0 fully saturated rings. The van der Waals surface area contributed by atoms with Gasteiger partial charge in [-0.3, -0.25) is 0 Å². The maximum atomic E-state index is 9.98. The SMILES string of the molecule is CCCCc1cc(CCCC)c(OC)c(O)c1O. The molecular formula is C15H24O3. The van der Waals surface area contributed by atoms with Crippen LogP contribution in [0.5, 0.6) is 17.2 Å². The minimum Gasteiger partial charge on any atom is -0.504 e. The van der Waals surface area contributed by atoms with E-state index in [0.29, 0.717) is 5.75 Å². The number of ether oxygens (including phenoxy) is 1. The standard InChI is InChI=1S/C15H24O3/c1-4-6-8-11-10-12(9-7-5-2)15(18-3)14(17)13(11)16/h10,16-17H,4-9H2,1-3H3. The lowest BCUT2D eigenvalue weighted by Crippen LogP contribution is -1.97. The average molecular weight is 252 g/mol. The van der Waals surface area contributed by atoms with Gasteiger partial charge in [-0.05, 0) is 42.9 Å². The zero-order chi connectivity index (χ0) is 13.5. The molecule has 18 heavy (non-hydrogen) atoms. The molecule has 0 unspecified atom stereocenters. The van der Waals surface area contributed by atoms with Gasteiger partial charge in [0.2, 0.25) is 5.75 Å². The maximum absolute atomic E-state index is 9.98. The van der Waals surface area contributed by atoms with Gasteiger partial charge in [-0.15, -0.1) is 0 Å². The topological polar surface area (TPSA) is 49.7 Å². The van der Waals surface area contributed by atoms with Crippen LogP contribution in [0.25, 0.3) is 0 Å². The highest BCUT2D eigenvalue weighted by atomic mass is 16.5. The molecule has 0 saturated carbocycles. The van der Waals surface area contributed by atoms with E-state index in [0.717, 1.165) is 49.7 Å². The minimum absolute atomic E-state index is 0.0273. The quantitative estimate of drug-likeness (QED) is 0.726. The van der Waals surface area contributed by atoms with Crippen molar-refractivity contribution in [2.24, 2.45) is 0 Å². The van der Waals surface area contributed by atoms with Crippen molar-refractivity contribution in [1.29, 1.82) is 0 Å². The predicted molar refractivity (Wildman–Crippen MR) is 73.5 cm³/mol. The van der Waals surface area contributed by atoms with E-state index in [1.165, 1.54) is 7.11 Å². The first-order valence-corrected chi connectivity index (χ1v) is 6.76. The molecule has 0 spiro atoms. The van der Waals surface area contributed by atoms with E-state index in [1.54, 1.807) is 0 Å². The summed E-state index contributed by atoms with van der Waals surface area (Å²) < 4.78 is 5.20. The van der Waals surface area contributed by atoms with Crippen LogP contribution < -0.4 is 4.74 Å². The summed E-state index contributed by atoms with van der Waals surface area (Å²) in [5.41, 5.74) is 1.81. The third-order valence-corrected chi connectivity index (χ3v) is 3.19. The maximum Gasteiger partial charge on any atom is 0.201 e. The third-order valence-electron chi connectivity index (χ3n) is 3.19. The van der Waals surface area contributed by atoms with Crippen LogP contribution >= 0.6 is 0 Å². The van der Waals surface area contributed by atoms with Crippen LogP contribution in [-0.4, -0.2) is 17.3 Å². The van der Waals surface area contributed by atoms with Gasteiger partial charge in [0.05, 0.1) is 7.11 Å². The Hall–Kier alpha value is -1.38. The minimum atomic E-state index is -0.114. The normalized spacial score (nSPS) is 10.6. The third kappa shape index (κ3) is 3.31. The molecule has 0 aliphatic heterocycles. The second-order valence-electron chi connectivity index (χ2n) is 4.63. The fraction of sp³-hybridized carbons (Fsp3) is 0.600. The van der Waals surface area contributed by atoms with E-state index in [2.05, 4.69) is 13.8 Å². The summed E-state index contributed by atoms with van der Waals surface area (Å²) in [5, 5.41) is 19.9. The monoisotopic (exact) mass is 252 g/mol. The zero-order valence-electron chi connectivity index (χ0n) is 11.6. The second-order valence-corrected chi connectivity index (χ2v) is 4.63. The summed E-state index contributed by atoms with van der Waals surface area (Å²) in [6.45, 7) is 4.24. The lowest BCUT2D eigenvalue weighted by atomic mass is 9.99. The van der Waals surface area contributed by atoms with E-state index >= 15 is 0 Å². The van der Waals surface area contributed by atoms with Crippen molar-refractivity contribution in [3.8, 4) is 17.2 Å². The Morgan fingerprint density at radius 1 is 0.944 bits per heavy atom. The number of aryl methyl sites for hydroxylation is 2. The molecule has 0 radical (unpaired) electrons. The predicted octanol–water partition coefficient (Wildman–Crippen LogP) is 3.79.